The minimum Gasteiger partial charge on any atom is -0.459 e. The van der Waals surface area contributed by atoms with Crippen molar-refractivity contribution in [2.75, 3.05) is 27.7 Å². The van der Waals surface area contributed by atoms with Crippen LogP contribution >= 0.6 is 0 Å². The smallest absolute Gasteiger partial charge is 0.311 e. The molecule has 14 atom stereocenters. The molecular formula is C30H58N2O9. The van der Waals surface area contributed by atoms with E-state index in [0.29, 0.717) is 13.0 Å². The number of likely N-dealkylation sites (N-methyl/N-ethyl adjacent to an activating group) is 2. The maximum absolute atomic E-state index is 13.3. The first kappa shape index (κ1) is 36.3. The average molecular weight is 591 g/mol. The Hall–Kier alpha value is -0.890. The molecule has 2 saturated heterocycles. The summed E-state index contributed by atoms with van der Waals surface area (Å²) >= 11 is 0. The fourth-order valence-electron chi connectivity index (χ4n) is 6.74. The van der Waals surface area contributed by atoms with Crippen LogP contribution in [0, 0.1) is 17.8 Å². The first-order valence-electron chi connectivity index (χ1n) is 15.1. The van der Waals surface area contributed by atoms with Crippen LogP contribution in [0.1, 0.15) is 74.7 Å². The van der Waals surface area contributed by atoms with Gasteiger partial charge in [-0.3, -0.25) is 4.79 Å². The molecule has 0 aromatic rings. The van der Waals surface area contributed by atoms with E-state index < -0.39 is 71.9 Å². The van der Waals surface area contributed by atoms with Crippen LogP contribution in [0.2, 0.25) is 0 Å². The van der Waals surface area contributed by atoms with Gasteiger partial charge in [0.05, 0.1) is 29.8 Å². The molecule has 2 rings (SSSR count). The van der Waals surface area contributed by atoms with Gasteiger partial charge in [0, 0.05) is 24.5 Å². The van der Waals surface area contributed by atoms with E-state index in [4.69, 9.17) is 14.2 Å². The van der Waals surface area contributed by atoms with Gasteiger partial charge in [-0.25, -0.2) is 0 Å². The second kappa shape index (κ2) is 14.3. The third-order valence-corrected chi connectivity index (χ3v) is 9.46. The zero-order chi connectivity index (χ0) is 31.6. The van der Waals surface area contributed by atoms with Crippen LogP contribution in [0.4, 0.5) is 0 Å². The molecule has 0 aromatic carbocycles. The highest BCUT2D eigenvalue weighted by molar-refractivity contribution is 5.73. The van der Waals surface area contributed by atoms with Crippen LogP contribution in [0.25, 0.3) is 0 Å². The summed E-state index contributed by atoms with van der Waals surface area (Å²) in [7, 11) is 5.58. The van der Waals surface area contributed by atoms with E-state index in [-0.39, 0.29) is 30.9 Å². The van der Waals surface area contributed by atoms with Gasteiger partial charge in [0.1, 0.15) is 23.9 Å². The molecule has 11 nitrogen and oxygen atoms in total. The zero-order valence-electron chi connectivity index (χ0n) is 27.0. The maximum atomic E-state index is 13.3. The molecule has 0 bridgehead atoms. The van der Waals surface area contributed by atoms with Gasteiger partial charge < -0.3 is 49.5 Å². The molecule has 5 N–H and O–H groups in total. The lowest BCUT2D eigenvalue weighted by Gasteiger charge is -2.46. The second-order valence-corrected chi connectivity index (χ2v) is 13.6. The molecule has 242 valence electrons. The molecule has 0 saturated carbocycles. The fourth-order valence-corrected chi connectivity index (χ4v) is 6.74. The molecule has 41 heavy (non-hydrogen) atoms. The summed E-state index contributed by atoms with van der Waals surface area (Å²) in [5.41, 5.74) is -3.25. The Balaban J connectivity index is 2.52. The van der Waals surface area contributed by atoms with E-state index in [2.05, 4.69) is 0 Å². The lowest BCUT2D eigenvalue weighted by molar-refractivity contribution is -0.299. The topological polar surface area (TPSA) is 152 Å². The number of cyclic esters (lactones) is 1. The summed E-state index contributed by atoms with van der Waals surface area (Å²) in [5, 5.41) is 57.0. The van der Waals surface area contributed by atoms with E-state index in [1.165, 1.54) is 13.8 Å². The molecule has 0 aliphatic carbocycles. The van der Waals surface area contributed by atoms with E-state index in [9.17, 15) is 30.3 Å². The number of ether oxygens (including phenoxy) is 3. The molecule has 0 radical (unpaired) electrons. The number of nitrogens with zero attached hydrogens (tertiary/aromatic N) is 2. The van der Waals surface area contributed by atoms with Gasteiger partial charge >= 0.3 is 5.97 Å². The van der Waals surface area contributed by atoms with Gasteiger partial charge in [0.2, 0.25) is 0 Å². The SMILES string of the molecule is CC[C@H]1OC(=O)C(C)[C@@H](O)[C@H](C)[C@@H](O[C@@H]2O[C@H](C)C[C@H](N(C)C)[C@H]2O)[C@](C)(O)C[C@@H](C)CN(C)[C@H](C)[C@@H](O)[C@]1(C)O. The number of esters is 1. The molecule has 0 spiro atoms. The first-order valence-corrected chi connectivity index (χ1v) is 15.1. The summed E-state index contributed by atoms with van der Waals surface area (Å²) in [4.78, 5) is 17.1. The molecule has 1 unspecified atom stereocenters. The lowest BCUT2D eigenvalue weighted by atomic mass is 9.78. The third kappa shape index (κ3) is 8.39. The van der Waals surface area contributed by atoms with Gasteiger partial charge in [0.15, 0.2) is 6.29 Å². The normalized spacial score (nSPS) is 48.4. The molecule has 2 heterocycles. The van der Waals surface area contributed by atoms with Crippen molar-refractivity contribution >= 4 is 5.97 Å². The van der Waals surface area contributed by atoms with E-state index in [1.807, 2.05) is 44.8 Å². The summed E-state index contributed by atoms with van der Waals surface area (Å²) in [6, 6.07) is -0.733. The monoisotopic (exact) mass is 590 g/mol. The summed E-state index contributed by atoms with van der Waals surface area (Å²) < 4.78 is 18.1. The predicted octanol–water partition coefficient (Wildman–Crippen LogP) is 0.976. The number of carbonyl (C=O) groups is 1. The molecule has 2 fully saturated rings. The van der Waals surface area contributed by atoms with Crippen LogP contribution in [0.3, 0.4) is 0 Å². The number of hydrogen-bond acceptors (Lipinski definition) is 11. The van der Waals surface area contributed by atoms with E-state index in [1.54, 1.807) is 27.7 Å². The lowest BCUT2D eigenvalue weighted by Crippen LogP contribution is -2.59. The van der Waals surface area contributed by atoms with Gasteiger partial charge in [0.25, 0.3) is 0 Å². The van der Waals surface area contributed by atoms with Gasteiger partial charge in [-0.2, -0.15) is 0 Å². The first-order chi connectivity index (χ1) is 18.8. The Bertz CT molecular complexity index is 841. The van der Waals surface area contributed by atoms with Crippen LogP contribution in [0.15, 0.2) is 0 Å². The largest absolute Gasteiger partial charge is 0.459 e. The third-order valence-electron chi connectivity index (χ3n) is 9.46. The number of aliphatic hydroxyl groups excluding tert-OH is 3. The minimum atomic E-state index is -1.75. The highest BCUT2D eigenvalue weighted by atomic mass is 16.7. The number of aliphatic hydroxyl groups is 5. The van der Waals surface area contributed by atoms with Crippen LogP contribution in [-0.2, 0) is 19.0 Å². The maximum Gasteiger partial charge on any atom is 0.311 e. The quantitative estimate of drug-likeness (QED) is 0.298. The molecular weight excluding hydrogens is 532 g/mol. The molecule has 0 amide bonds. The number of hydrogen-bond donors (Lipinski definition) is 5. The summed E-state index contributed by atoms with van der Waals surface area (Å²) in [5.74, 6) is -2.65. The molecule has 2 aliphatic rings. The Morgan fingerprint density at radius 2 is 1.63 bits per heavy atom. The van der Waals surface area contributed by atoms with Crippen molar-refractivity contribution in [3.8, 4) is 0 Å². The molecule has 11 heteroatoms. The fraction of sp³-hybridized carbons (Fsp3) is 0.967. The Kier molecular flexibility index (Phi) is 12.6. The predicted molar refractivity (Wildman–Crippen MR) is 155 cm³/mol. The molecule has 2 aliphatic heterocycles. The zero-order valence-corrected chi connectivity index (χ0v) is 27.0. The van der Waals surface area contributed by atoms with Crippen LogP contribution in [0.5, 0.6) is 0 Å². The van der Waals surface area contributed by atoms with Crippen molar-refractivity contribution in [3.05, 3.63) is 0 Å². The standard InChI is InChI=1S/C30H58N2O9/c1-12-22-30(8,38)25(35)20(6)32(11)15-16(2)14-29(7,37)26(18(4)23(33)19(5)27(36)40-22)41-28-24(34)21(31(9)10)13-17(3)39-28/h16-26,28,33-35,37-38H,12-15H2,1-11H3/t16-,17-,18+,19?,20-,21+,22-,23+,24-,25-,26-,28+,29-,30-/m1/s1. The van der Waals surface area contributed by atoms with E-state index in [0.717, 1.165) is 0 Å². The van der Waals surface area contributed by atoms with Crippen LogP contribution < -0.4 is 0 Å². The summed E-state index contributed by atoms with van der Waals surface area (Å²) in [6.45, 7) is 14.2. The number of rotatable bonds is 4. The number of carbonyl (C=O) groups excluding carboxylic acids is 1. The Labute approximate surface area is 246 Å². The summed E-state index contributed by atoms with van der Waals surface area (Å²) in [6.07, 6.45) is -5.74. The van der Waals surface area contributed by atoms with Crippen molar-refractivity contribution in [2.24, 2.45) is 17.8 Å². The minimum absolute atomic E-state index is 0.0990. The van der Waals surface area contributed by atoms with Crippen molar-refractivity contribution in [2.45, 2.75) is 141 Å². The Morgan fingerprint density at radius 1 is 1.05 bits per heavy atom. The highest BCUT2D eigenvalue weighted by Gasteiger charge is 2.49. The van der Waals surface area contributed by atoms with Crippen molar-refractivity contribution in [1.82, 2.24) is 9.80 Å². The van der Waals surface area contributed by atoms with Crippen molar-refractivity contribution in [1.29, 1.82) is 0 Å². The van der Waals surface area contributed by atoms with Gasteiger partial charge in [-0.05, 0) is 80.9 Å². The van der Waals surface area contributed by atoms with Crippen molar-refractivity contribution in [3.63, 3.8) is 0 Å². The van der Waals surface area contributed by atoms with E-state index >= 15 is 0 Å². The molecule has 0 aromatic heterocycles. The van der Waals surface area contributed by atoms with Crippen LogP contribution in [-0.4, -0.2) is 135 Å². The second-order valence-electron chi connectivity index (χ2n) is 13.6. The highest BCUT2D eigenvalue weighted by Crippen LogP contribution is 2.36. The van der Waals surface area contributed by atoms with Gasteiger partial charge in [-0.1, -0.05) is 20.8 Å². The Morgan fingerprint density at radius 3 is 2.17 bits per heavy atom. The van der Waals surface area contributed by atoms with Crippen molar-refractivity contribution < 1.29 is 44.5 Å². The average Bonchev–Trinajstić information content (AvgIpc) is 2.87. The van der Waals surface area contributed by atoms with Gasteiger partial charge in [-0.15, -0.1) is 0 Å².